The van der Waals surface area contributed by atoms with E-state index in [9.17, 15) is 13.2 Å². The number of ether oxygens (including phenoxy) is 1. The highest BCUT2D eigenvalue weighted by Crippen LogP contribution is 2.31. The van der Waals surface area contributed by atoms with Crippen molar-refractivity contribution in [3.05, 3.63) is 54.6 Å². The molecule has 1 N–H and O–H groups in total. The fourth-order valence-corrected chi connectivity index (χ4v) is 5.38. The van der Waals surface area contributed by atoms with E-state index < -0.39 is 16.1 Å². The largest absolute Gasteiger partial charge is 0.381 e. The second-order valence-electron chi connectivity index (χ2n) is 10.1. The Labute approximate surface area is 212 Å². The number of anilines is 1. The minimum Gasteiger partial charge on any atom is -0.381 e. The molecule has 0 saturated carbocycles. The molecular weight excluding hydrogens is 480 g/mol. The van der Waals surface area contributed by atoms with Crippen molar-refractivity contribution in [1.82, 2.24) is 24.1 Å². The first-order valence-electron chi connectivity index (χ1n) is 12.0. The van der Waals surface area contributed by atoms with E-state index in [4.69, 9.17) is 9.72 Å². The molecule has 11 heteroatoms. The number of hydrogen-bond donors (Lipinski definition) is 1. The predicted octanol–water partition coefficient (Wildman–Crippen LogP) is 3.10. The minimum absolute atomic E-state index is 0.144. The van der Waals surface area contributed by atoms with E-state index >= 15 is 0 Å². The second-order valence-corrected chi connectivity index (χ2v) is 11.9. The third-order valence-corrected chi connectivity index (χ3v) is 7.94. The highest BCUT2D eigenvalue weighted by atomic mass is 32.2. The monoisotopic (exact) mass is 514 g/mol. The summed E-state index contributed by atoms with van der Waals surface area (Å²) in [5.41, 5.74) is 2.12. The molecule has 1 aromatic carbocycles. The molecule has 2 aromatic heterocycles. The Bertz CT molecular complexity index is 1360. The number of nitrogens with zero attached hydrogens (tertiary/aromatic N) is 5. The van der Waals surface area contributed by atoms with Crippen LogP contribution in [0.2, 0.25) is 0 Å². The van der Waals surface area contributed by atoms with Crippen LogP contribution in [0.4, 0.5) is 5.69 Å². The van der Waals surface area contributed by atoms with Crippen molar-refractivity contribution >= 4 is 32.8 Å². The van der Waals surface area contributed by atoms with Crippen molar-refractivity contribution in [3.63, 3.8) is 0 Å². The number of benzene rings is 1. The number of imidazole rings is 1. The van der Waals surface area contributed by atoms with Crippen LogP contribution in [0.1, 0.15) is 49.8 Å². The van der Waals surface area contributed by atoms with Gasteiger partial charge in [0.1, 0.15) is 5.82 Å². The van der Waals surface area contributed by atoms with E-state index in [0.29, 0.717) is 11.6 Å². The van der Waals surface area contributed by atoms with Gasteiger partial charge >= 0.3 is 10.2 Å². The number of aromatic nitrogens is 4. The molecule has 194 valence electrons. The molecule has 1 amide bonds. The molecule has 0 spiro atoms. The van der Waals surface area contributed by atoms with Crippen LogP contribution in [0.15, 0.2) is 43.2 Å². The summed E-state index contributed by atoms with van der Waals surface area (Å²) < 4.78 is 36.2. The molecule has 1 aliphatic heterocycles. The summed E-state index contributed by atoms with van der Waals surface area (Å²) in [6.07, 6.45) is 5.99. The smallest absolute Gasteiger partial charge is 0.345 e. The zero-order valence-electron chi connectivity index (χ0n) is 21.3. The molecule has 0 aliphatic carbocycles. The standard InChI is InChI=1S/C25H34N6O4S/c1-6-11-26-23(32)19-15-27-31(17-19)36(33,34)29(5)20-7-8-22-21(14-20)28-24(25(2,3)4)30(22)16-18-9-12-35-13-10-18/h6-8,14-15,17-18H,1,9-13,16H2,2-5H3,(H,26,32). The summed E-state index contributed by atoms with van der Waals surface area (Å²) in [4.78, 5) is 17.1. The van der Waals surface area contributed by atoms with Gasteiger partial charge in [0.25, 0.3) is 5.91 Å². The Balaban J connectivity index is 1.65. The third-order valence-electron chi connectivity index (χ3n) is 6.36. The van der Waals surface area contributed by atoms with Gasteiger partial charge in [0.05, 0.1) is 34.7 Å². The van der Waals surface area contributed by atoms with E-state index in [0.717, 1.165) is 57.9 Å². The van der Waals surface area contributed by atoms with Gasteiger partial charge < -0.3 is 14.6 Å². The quantitative estimate of drug-likeness (QED) is 0.463. The van der Waals surface area contributed by atoms with Crippen LogP contribution in [-0.4, -0.2) is 59.9 Å². The lowest BCUT2D eigenvalue weighted by molar-refractivity contribution is 0.0611. The van der Waals surface area contributed by atoms with Gasteiger partial charge in [0, 0.05) is 38.8 Å². The zero-order chi connectivity index (χ0) is 26.1. The molecule has 0 atom stereocenters. The van der Waals surface area contributed by atoms with Crippen LogP contribution in [0.25, 0.3) is 11.0 Å². The summed E-state index contributed by atoms with van der Waals surface area (Å²) in [5, 5.41) is 6.52. The molecule has 0 radical (unpaired) electrons. The molecule has 0 unspecified atom stereocenters. The van der Waals surface area contributed by atoms with Crippen molar-refractivity contribution in [2.45, 2.75) is 45.6 Å². The second kappa shape index (κ2) is 10.1. The van der Waals surface area contributed by atoms with Gasteiger partial charge in [-0.3, -0.25) is 9.10 Å². The molecular formula is C25H34N6O4S. The van der Waals surface area contributed by atoms with Gasteiger partial charge in [-0.2, -0.15) is 13.5 Å². The Hall–Kier alpha value is -3.18. The average molecular weight is 515 g/mol. The fourth-order valence-electron chi connectivity index (χ4n) is 4.33. The van der Waals surface area contributed by atoms with Gasteiger partial charge in [-0.15, -0.1) is 10.7 Å². The fraction of sp³-hybridized carbons (Fsp3) is 0.480. The first-order valence-corrected chi connectivity index (χ1v) is 13.4. The number of fused-ring (bicyclic) bond motifs is 1. The highest BCUT2D eigenvalue weighted by Gasteiger charge is 2.27. The molecule has 1 aliphatic rings. The number of carbonyl (C=O) groups excluding carboxylic acids is 1. The summed E-state index contributed by atoms with van der Waals surface area (Å²) >= 11 is 0. The van der Waals surface area contributed by atoms with E-state index in [2.05, 4.69) is 42.3 Å². The summed E-state index contributed by atoms with van der Waals surface area (Å²) in [7, 11) is -2.60. The van der Waals surface area contributed by atoms with Crippen LogP contribution in [-0.2, 0) is 26.9 Å². The normalized spacial score (nSPS) is 15.2. The maximum absolute atomic E-state index is 13.3. The first kappa shape index (κ1) is 25.9. The van der Waals surface area contributed by atoms with Crippen molar-refractivity contribution in [3.8, 4) is 0 Å². The lowest BCUT2D eigenvalue weighted by atomic mass is 9.94. The molecule has 10 nitrogen and oxygen atoms in total. The minimum atomic E-state index is -4.06. The van der Waals surface area contributed by atoms with Crippen LogP contribution >= 0.6 is 0 Å². The Morgan fingerprint density at radius 3 is 2.69 bits per heavy atom. The molecule has 3 heterocycles. The lowest BCUT2D eigenvalue weighted by Gasteiger charge is -2.26. The van der Waals surface area contributed by atoms with Crippen molar-refractivity contribution in [1.29, 1.82) is 0 Å². The average Bonchev–Trinajstić information content (AvgIpc) is 3.48. The number of rotatable bonds is 8. The van der Waals surface area contributed by atoms with Gasteiger partial charge in [-0.05, 0) is 37.0 Å². The predicted molar refractivity (Wildman–Crippen MR) is 139 cm³/mol. The van der Waals surface area contributed by atoms with Crippen molar-refractivity contribution in [2.75, 3.05) is 31.1 Å². The molecule has 1 saturated heterocycles. The number of nitrogens with one attached hydrogen (secondary N) is 1. The summed E-state index contributed by atoms with van der Waals surface area (Å²) in [5.74, 6) is 1.05. The summed E-state index contributed by atoms with van der Waals surface area (Å²) in [6.45, 7) is 12.6. The molecule has 36 heavy (non-hydrogen) atoms. The molecule has 4 rings (SSSR count). The number of carbonyl (C=O) groups is 1. The zero-order valence-corrected chi connectivity index (χ0v) is 22.1. The van der Waals surface area contributed by atoms with Gasteiger partial charge in [-0.1, -0.05) is 26.8 Å². The van der Waals surface area contributed by atoms with Crippen LogP contribution < -0.4 is 9.62 Å². The maximum Gasteiger partial charge on any atom is 0.345 e. The van der Waals surface area contributed by atoms with E-state index in [1.165, 1.54) is 19.4 Å². The van der Waals surface area contributed by atoms with Gasteiger partial charge in [-0.25, -0.2) is 4.98 Å². The SMILES string of the molecule is C=CCNC(=O)c1cnn(S(=O)(=O)N(C)c2ccc3c(c2)nc(C(C)(C)C)n3CC2CCOCC2)c1. The van der Waals surface area contributed by atoms with Crippen molar-refractivity contribution in [2.24, 2.45) is 5.92 Å². The van der Waals surface area contributed by atoms with Gasteiger partial charge in [0.2, 0.25) is 0 Å². The lowest BCUT2D eigenvalue weighted by Crippen LogP contribution is -2.32. The Morgan fingerprint density at radius 1 is 1.31 bits per heavy atom. The topological polar surface area (TPSA) is 111 Å². The van der Waals surface area contributed by atoms with E-state index in [-0.39, 0.29) is 17.5 Å². The van der Waals surface area contributed by atoms with Crippen LogP contribution in [0.3, 0.4) is 0 Å². The first-order chi connectivity index (χ1) is 17.0. The number of hydrogen-bond acceptors (Lipinski definition) is 6. The van der Waals surface area contributed by atoms with E-state index in [1.807, 2.05) is 6.07 Å². The molecule has 1 fully saturated rings. The molecule has 3 aromatic rings. The number of amides is 1. The molecule has 0 bridgehead atoms. The Kier molecular flexibility index (Phi) is 7.24. The van der Waals surface area contributed by atoms with Gasteiger partial charge in [0.15, 0.2) is 0 Å². The van der Waals surface area contributed by atoms with Crippen LogP contribution in [0, 0.1) is 5.92 Å². The van der Waals surface area contributed by atoms with Crippen molar-refractivity contribution < 1.29 is 17.9 Å². The van der Waals surface area contributed by atoms with Crippen LogP contribution in [0.5, 0.6) is 0 Å². The maximum atomic E-state index is 13.3. The highest BCUT2D eigenvalue weighted by molar-refractivity contribution is 7.91. The Morgan fingerprint density at radius 2 is 2.03 bits per heavy atom. The van der Waals surface area contributed by atoms with E-state index in [1.54, 1.807) is 18.2 Å². The third kappa shape index (κ3) is 5.17. The summed E-state index contributed by atoms with van der Waals surface area (Å²) in [6, 6.07) is 5.48.